The summed E-state index contributed by atoms with van der Waals surface area (Å²) in [5.74, 6) is -1.24. The summed E-state index contributed by atoms with van der Waals surface area (Å²) < 4.78 is 44.5. The molecular weight excluding hydrogens is 535 g/mol. The highest BCUT2D eigenvalue weighted by atomic mass is 19.4. The first-order chi connectivity index (χ1) is 19.4. The van der Waals surface area contributed by atoms with E-state index in [1.807, 2.05) is 12.1 Å². The Morgan fingerprint density at radius 2 is 1.63 bits per heavy atom. The molecule has 0 radical (unpaired) electrons. The van der Waals surface area contributed by atoms with Crippen LogP contribution in [0, 0.1) is 20.8 Å². The minimum Gasteiger partial charge on any atom is -0.493 e. The number of carboxylic acid groups (broad SMARTS) is 1. The van der Waals surface area contributed by atoms with Gasteiger partial charge in [-0.2, -0.15) is 18.3 Å². The monoisotopic (exact) mass is 571 g/mol. The number of halogens is 3. The van der Waals surface area contributed by atoms with Gasteiger partial charge in [0.05, 0.1) is 14.2 Å². The summed E-state index contributed by atoms with van der Waals surface area (Å²) in [5.41, 5.74) is 9.98. The number of ether oxygens (including phenoxy) is 2. The first kappa shape index (κ1) is 31.5. The van der Waals surface area contributed by atoms with E-state index in [1.54, 1.807) is 14.2 Å². The van der Waals surface area contributed by atoms with Crippen LogP contribution in [0.25, 0.3) is 22.0 Å². The lowest BCUT2D eigenvalue weighted by Gasteiger charge is -2.12. The van der Waals surface area contributed by atoms with Crippen LogP contribution in [0.4, 0.5) is 13.2 Å². The van der Waals surface area contributed by atoms with Crippen LogP contribution in [-0.2, 0) is 24.8 Å². The number of carbonyl (C=O) groups is 1. The predicted octanol–water partition coefficient (Wildman–Crippen LogP) is 6.54. The number of hydrogen-bond acceptors (Lipinski definition) is 5. The number of nitrogens with one attached hydrogen (secondary N) is 1. The molecule has 0 unspecified atom stereocenters. The summed E-state index contributed by atoms with van der Waals surface area (Å²) >= 11 is 0. The molecule has 0 aliphatic rings. The fourth-order valence-corrected chi connectivity index (χ4v) is 4.98. The molecule has 2 N–H and O–H groups in total. The van der Waals surface area contributed by atoms with E-state index in [0.29, 0.717) is 0 Å². The Labute approximate surface area is 237 Å². The van der Waals surface area contributed by atoms with Crippen LogP contribution >= 0.6 is 0 Å². The normalized spacial score (nSPS) is 11.2. The van der Waals surface area contributed by atoms with Crippen LogP contribution in [0.2, 0.25) is 0 Å². The molecule has 4 rings (SSSR count). The summed E-state index contributed by atoms with van der Waals surface area (Å²) in [7, 11) is 5.38. The third-order valence-corrected chi connectivity index (χ3v) is 6.72. The van der Waals surface area contributed by atoms with E-state index in [1.165, 1.54) is 44.5 Å². The molecule has 0 spiro atoms. The molecule has 0 saturated carbocycles. The number of benzene rings is 3. The molecule has 1 aromatic heterocycles. The Hall–Kier alpha value is -4.05. The van der Waals surface area contributed by atoms with Crippen molar-refractivity contribution in [3.05, 3.63) is 76.5 Å². The molecule has 10 heteroatoms. The lowest BCUT2D eigenvalue weighted by atomic mass is 9.92. The van der Waals surface area contributed by atoms with Crippen molar-refractivity contribution in [2.45, 2.75) is 46.3 Å². The van der Waals surface area contributed by atoms with Crippen molar-refractivity contribution in [1.82, 2.24) is 15.1 Å². The smallest absolute Gasteiger partial charge is 0.490 e. The first-order valence-corrected chi connectivity index (χ1v) is 13.1. The van der Waals surface area contributed by atoms with Crippen molar-refractivity contribution < 1.29 is 32.5 Å². The van der Waals surface area contributed by atoms with Crippen molar-refractivity contribution >= 4 is 16.9 Å². The van der Waals surface area contributed by atoms with Gasteiger partial charge in [-0.25, -0.2) is 4.79 Å². The van der Waals surface area contributed by atoms with Gasteiger partial charge in [0, 0.05) is 30.2 Å². The molecule has 0 saturated heterocycles. The number of carboxylic acids is 1. The highest BCUT2D eigenvalue weighted by Crippen LogP contribution is 2.34. The molecule has 0 atom stereocenters. The number of alkyl halides is 3. The molecular formula is C31H36F3N3O4. The molecule has 7 nitrogen and oxygen atoms in total. The van der Waals surface area contributed by atoms with E-state index in [4.69, 9.17) is 24.5 Å². The lowest BCUT2D eigenvalue weighted by molar-refractivity contribution is -0.192. The Balaban J connectivity index is 0.000000587. The average molecular weight is 572 g/mol. The molecule has 3 aromatic carbocycles. The molecule has 0 amide bonds. The second-order valence-electron chi connectivity index (χ2n) is 9.82. The van der Waals surface area contributed by atoms with E-state index in [9.17, 15) is 13.2 Å². The molecule has 0 fully saturated rings. The van der Waals surface area contributed by atoms with Gasteiger partial charge in [-0.15, -0.1) is 0 Å². The van der Waals surface area contributed by atoms with Crippen molar-refractivity contribution in [3.63, 3.8) is 0 Å². The zero-order chi connectivity index (χ0) is 30.3. The summed E-state index contributed by atoms with van der Waals surface area (Å²) in [4.78, 5) is 8.90. The molecule has 4 aromatic rings. The van der Waals surface area contributed by atoms with E-state index < -0.39 is 12.1 Å². The fraction of sp³-hybridized carbons (Fsp3) is 0.355. The first-order valence-electron chi connectivity index (χ1n) is 13.1. The standard InChI is InChI=1S/C29H35N3O2.C2HF3O2/c1-19-15-20(2)28(21(3)16-19)24-10-7-9-23-25(32(4)31-29(23)24)11-8-14-30-18-22-12-13-26(33-5)27(17-22)34-6;3-2(4,5)1(6)7/h7,9-10,12-13,15-17,30H,8,11,14,18H2,1-6H3;(H,6,7). The minimum atomic E-state index is -5.08. The topological polar surface area (TPSA) is 85.6 Å². The maximum absolute atomic E-state index is 10.6. The molecule has 0 aliphatic heterocycles. The van der Waals surface area contributed by atoms with Gasteiger partial charge < -0.3 is 19.9 Å². The van der Waals surface area contributed by atoms with E-state index in [-0.39, 0.29) is 0 Å². The molecule has 0 bridgehead atoms. The number of aliphatic carboxylic acids is 1. The van der Waals surface area contributed by atoms with Crippen molar-refractivity contribution in [2.75, 3.05) is 20.8 Å². The van der Waals surface area contributed by atoms with Crippen LogP contribution in [-0.4, -0.2) is 47.8 Å². The number of fused-ring (bicyclic) bond motifs is 1. The average Bonchev–Trinajstić information content (AvgIpc) is 3.23. The number of methoxy groups -OCH3 is 2. The molecule has 220 valence electrons. The van der Waals surface area contributed by atoms with Gasteiger partial charge in [0.1, 0.15) is 5.52 Å². The number of nitrogens with zero attached hydrogens (tertiary/aromatic N) is 2. The third kappa shape index (κ3) is 7.79. The van der Waals surface area contributed by atoms with Gasteiger partial charge in [0.2, 0.25) is 0 Å². The Bertz CT molecular complexity index is 1490. The van der Waals surface area contributed by atoms with Crippen LogP contribution < -0.4 is 14.8 Å². The number of rotatable bonds is 9. The van der Waals surface area contributed by atoms with Crippen LogP contribution in [0.1, 0.15) is 34.4 Å². The van der Waals surface area contributed by atoms with Crippen molar-refractivity contribution in [1.29, 1.82) is 0 Å². The molecule has 0 aliphatic carbocycles. The van der Waals surface area contributed by atoms with Gasteiger partial charge in [-0.1, -0.05) is 42.0 Å². The van der Waals surface area contributed by atoms with Gasteiger partial charge in [-0.3, -0.25) is 4.68 Å². The van der Waals surface area contributed by atoms with E-state index in [0.717, 1.165) is 42.9 Å². The summed E-state index contributed by atoms with van der Waals surface area (Å²) in [5, 5.41) is 16.9. The Kier molecular flexibility index (Phi) is 10.4. The van der Waals surface area contributed by atoms with Gasteiger partial charge >= 0.3 is 12.1 Å². The Morgan fingerprint density at radius 1 is 1.00 bits per heavy atom. The third-order valence-electron chi connectivity index (χ3n) is 6.72. The van der Waals surface area contributed by atoms with E-state index >= 15 is 0 Å². The summed E-state index contributed by atoms with van der Waals surface area (Å²) in [6.45, 7) is 8.27. The molecule has 1 heterocycles. The highest BCUT2D eigenvalue weighted by Gasteiger charge is 2.38. The second kappa shape index (κ2) is 13.5. The van der Waals surface area contributed by atoms with Gasteiger partial charge in [-0.05, 0) is 74.5 Å². The molecule has 41 heavy (non-hydrogen) atoms. The number of hydrogen-bond donors (Lipinski definition) is 2. The zero-order valence-electron chi connectivity index (χ0n) is 24.1. The second-order valence-corrected chi connectivity index (χ2v) is 9.82. The minimum absolute atomic E-state index is 0.754. The van der Waals surface area contributed by atoms with Crippen molar-refractivity contribution in [2.24, 2.45) is 7.05 Å². The van der Waals surface area contributed by atoms with Gasteiger partial charge in [0.15, 0.2) is 11.5 Å². The van der Waals surface area contributed by atoms with Crippen LogP contribution in [0.3, 0.4) is 0 Å². The van der Waals surface area contributed by atoms with Crippen LogP contribution in [0.5, 0.6) is 11.5 Å². The Morgan fingerprint density at radius 3 is 2.22 bits per heavy atom. The summed E-state index contributed by atoms with van der Waals surface area (Å²) in [6.07, 6.45) is -3.07. The van der Waals surface area contributed by atoms with Crippen molar-refractivity contribution in [3.8, 4) is 22.6 Å². The fourth-order valence-electron chi connectivity index (χ4n) is 4.98. The highest BCUT2D eigenvalue weighted by molar-refractivity contribution is 5.96. The maximum Gasteiger partial charge on any atom is 0.490 e. The zero-order valence-corrected chi connectivity index (χ0v) is 24.1. The van der Waals surface area contributed by atoms with E-state index in [2.05, 4.69) is 74.2 Å². The summed E-state index contributed by atoms with van der Waals surface area (Å²) in [6, 6.07) is 17.1. The largest absolute Gasteiger partial charge is 0.493 e. The maximum atomic E-state index is 10.6. The SMILES string of the molecule is COc1ccc(CNCCCc2c3cccc(-c4c(C)cc(C)cc4C)c3nn2C)cc1OC.O=C(O)C(F)(F)F. The quantitative estimate of drug-likeness (QED) is 0.222. The van der Waals surface area contributed by atoms with Crippen LogP contribution in [0.15, 0.2) is 48.5 Å². The number of aryl methyl sites for hydroxylation is 5. The van der Waals surface area contributed by atoms with Gasteiger partial charge in [0.25, 0.3) is 0 Å². The predicted molar refractivity (Wildman–Crippen MR) is 154 cm³/mol. The number of aromatic nitrogens is 2. The lowest BCUT2D eigenvalue weighted by Crippen LogP contribution is -2.21.